The zero-order valence-electron chi connectivity index (χ0n) is 12.2. The molecule has 1 saturated heterocycles. The van der Waals surface area contributed by atoms with E-state index < -0.39 is 0 Å². The number of quaternary nitrogens is 1. The molecule has 0 aromatic heterocycles. The number of rotatable bonds is 4. The van der Waals surface area contributed by atoms with Crippen molar-refractivity contribution in [1.82, 2.24) is 0 Å². The molecule has 2 N–H and O–H groups in total. The maximum Gasteiger partial charge on any atom is 0.279 e. The number of likely N-dealkylation sites (tertiary alicyclic amines) is 1. The van der Waals surface area contributed by atoms with Gasteiger partial charge in [0.2, 0.25) is 0 Å². The van der Waals surface area contributed by atoms with Gasteiger partial charge in [-0.2, -0.15) is 0 Å². The van der Waals surface area contributed by atoms with Gasteiger partial charge in [0.1, 0.15) is 0 Å². The lowest BCUT2D eigenvalue weighted by atomic mass is 10.0. The van der Waals surface area contributed by atoms with E-state index in [1.807, 2.05) is 12.1 Å². The van der Waals surface area contributed by atoms with E-state index in [0.717, 1.165) is 13.1 Å². The van der Waals surface area contributed by atoms with Crippen LogP contribution in [0.25, 0.3) is 0 Å². The van der Waals surface area contributed by atoms with Crippen LogP contribution in [-0.2, 0) is 4.79 Å². The fraction of sp³-hybridized carbons (Fsp3) is 0.500. The fourth-order valence-electron chi connectivity index (χ4n) is 2.88. The molecule has 1 heterocycles. The van der Waals surface area contributed by atoms with E-state index in [-0.39, 0.29) is 11.7 Å². The molecule has 1 aromatic rings. The Balaban J connectivity index is 1.96. The van der Waals surface area contributed by atoms with E-state index in [0.29, 0.717) is 23.7 Å². The summed E-state index contributed by atoms with van der Waals surface area (Å²) in [6.45, 7) is 6.36. The molecular weight excluding hydrogens is 252 g/mol. The number of benzene rings is 1. The highest BCUT2D eigenvalue weighted by molar-refractivity contribution is 6.03. The Morgan fingerprint density at radius 1 is 1.35 bits per heavy atom. The monoisotopic (exact) mass is 275 g/mol. The van der Waals surface area contributed by atoms with Crippen molar-refractivity contribution in [2.45, 2.75) is 26.7 Å². The molecule has 1 amide bonds. The summed E-state index contributed by atoms with van der Waals surface area (Å²) in [7, 11) is 0. The minimum Gasteiger partial charge on any atom is -0.327 e. The summed E-state index contributed by atoms with van der Waals surface area (Å²) in [5, 5.41) is 2.87. The fourth-order valence-corrected chi connectivity index (χ4v) is 2.88. The van der Waals surface area contributed by atoms with Crippen LogP contribution in [0, 0.1) is 5.92 Å². The number of piperidine rings is 1. The predicted octanol–water partition coefficient (Wildman–Crippen LogP) is 1.14. The van der Waals surface area contributed by atoms with Crippen LogP contribution in [0.2, 0.25) is 0 Å². The number of carbonyl (C=O) groups excluding carboxylic acids is 2. The van der Waals surface area contributed by atoms with Gasteiger partial charge in [0.15, 0.2) is 12.3 Å². The average molecular weight is 275 g/mol. The number of nitrogens with one attached hydrogen (secondary N) is 2. The van der Waals surface area contributed by atoms with Crippen LogP contribution in [0.4, 0.5) is 5.69 Å². The Hall–Kier alpha value is -1.68. The highest BCUT2D eigenvalue weighted by Gasteiger charge is 2.22. The molecule has 1 aliphatic rings. The molecule has 1 fully saturated rings. The molecule has 0 aliphatic carbocycles. The zero-order chi connectivity index (χ0) is 14.5. The maximum absolute atomic E-state index is 12.1. The molecule has 1 unspecified atom stereocenters. The third-order valence-electron chi connectivity index (χ3n) is 3.86. The van der Waals surface area contributed by atoms with Gasteiger partial charge in [-0.05, 0) is 31.9 Å². The molecule has 1 aliphatic heterocycles. The molecule has 2 atom stereocenters. The molecule has 0 spiro atoms. The molecule has 0 radical (unpaired) electrons. The Kier molecular flexibility index (Phi) is 4.90. The zero-order valence-corrected chi connectivity index (χ0v) is 12.2. The van der Waals surface area contributed by atoms with Gasteiger partial charge < -0.3 is 10.2 Å². The second-order valence-corrected chi connectivity index (χ2v) is 5.78. The molecule has 108 valence electrons. The first-order valence-corrected chi connectivity index (χ1v) is 7.29. The van der Waals surface area contributed by atoms with Crippen LogP contribution < -0.4 is 10.2 Å². The van der Waals surface area contributed by atoms with Crippen molar-refractivity contribution in [2.75, 3.05) is 25.0 Å². The number of anilines is 1. The molecular formula is C16H23N2O2+. The first-order valence-electron chi connectivity index (χ1n) is 7.29. The number of para-hydroxylation sites is 1. The number of ketones is 1. The summed E-state index contributed by atoms with van der Waals surface area (Å²) >= 11 is 0. The minimum absolute atomic E-state index is 0.0113. The van der Waals surface area contributed by atoms with E-state index in [9.17, 15) is 9.59 Å². The second kappa shape index (κ2) is 6.66. The standard InChI is InChI=1S/C16H22N2O2/c1-12-6-5-9-18(10-12)11-16(20)17-15-8-4-3-7-14(15)13(2)19/h3-4,7-8,12H,5-6,9-11H2,1-2H3,(H,17,20)/p+1/t12-/m0/s1. The first-order chi connectivity index (χ1) is 9.56. The number of Topliss-reactive ketones (excluding diaryl/α,β-unsaturated/α-hetero) is 1. The van der Waals surface area contributed by atoms with E-state index in [1.165, 1.54) is 24.7 Å². The van der Waals surface area contributed by atoms with Crippen LogP contribution in [0.1, 0.15) is 37.0 Å². The van der Waals surface area contributed by atoms with Gasteiger partial charge in [-0.1, -0.05) is 19.1 Å². The molecule has 20 heavy (non-hydrogen) atoms. The summed E-state index contributed by atoms with van der Waals surface area (Å²) < 4.78 is 0. The lowest BCUT2D eigenvalue weighted by Crippen LogP contribution is -3.14. The lowest BCUT2D eigenvalue weighted by Gasteiger charge is -2.27. The molecule has 4 nitrogen and oxygen atoms in total. The topological polar surface area (TPSA) is 50.6 Å². The normalized spacial score (nSPS) is 22.3. The Morgan fingerprint density at radius 2 is 2.10 bits per heavy atom. The number of hydrogen-bond acceptors (Lipinski definition) is 2. The summed E-state index contributed by atoms with van der Waals surface area (Å²) in [5.41, 5.74) is 1.19. The van der Waals surface area contributed by atoms with Gasteiger partial charge in [-0.3, -0.25) is 9.59 Å². The van der Waals surface area contributed by atoms with Crippen molar-refractivity contribution in [3.63, 3.8) is 0 Å². The molecule has 1 aromatic carbocycles. The average Bonchev–Trinajstić information content (AvgIpc) is 2.38. The van der Waals surface area contributed by atoms with Crippen molar-refractivity contribution in [1.29, 1.82) is 0 Å². The van der Waals surface area contributed by atoms with Crippen molar-refractivity contribution >= 4 is 17.4 Å². The largest absolute Gasteiger partial charge is 0.327 e. The number of hydrogen-bond donors (Lipinski definition) is 2. The van der Waals surface area contributed by atoms with Crippen molar-refractivity contribution in [3.05, 3.63) is 29.8 Å². The molecule has 0 saturated carbocycles. The minimum atomic E-state index is -0.0279. The van der Waals surface area contributed by atoms with E-state index >= 15 is 0 Å². The van der Waals surface area contributed by atoms with Crippen molar-refractivity contribution in [3.8, 4) is 0 Å². The lowest BCUT2D eigenvalue weighted by molar-refractivity contribution is -0.900. The third-order valence-corrected chi connectivity index (χ3v) is 3.86. The van der Waals surface area contributed by atoms with Gasteiger partial charge in [-0.15, -0.1) is 0 Å². The first kappa shape index (κ1) is 14.7. The van der Waals surface area contributed by atoms with Gasteiger partial charge >= 0.3 is 0 Å². The van der Waals surface area contributed by atoms with Crippen molar-refractivity contribution < 1.29 is 14.5 Å². The van der Waals surface area contributed by atoms with Gasteiger partial charge in [-0.25, -0.2) is 0 Å². The summed E-state index contributed by atoms with van der Waals surface area (Å²) in [5.74, 6) is 0.652. The smallest absolute Gasteiger partial charge is 0.279 e. The van der Waals surface area contributed by atoms with Crippen LogP contribution in [0.5, 0.6) is 0 Å². The van der Waals surface area contributed by atoms with Gasteiger partial charge in [0, 0.05) is 11.5 Å². The summed E-state index contributed by atoms with van der Waals surface area (Å²) in [6.07, 6.45) is 2.45. The van der Waals surface area contributed by atoms with Crippen LogP contribution in [-0.4, -0.2) is 31.3 Å². The predicted molar refractivity (Wildman–Crippen MR) is 79.0 cm³/mol. The molecule has 2 rings (SSSR count). The second-order valence-electron chi connectivity index (χ2n) is 5.78. The van der Waals surface area contributed by atoms with Gasteiger partial charge in [0.25, 0.3) is 5.91 Å². The SMILES string of the molecule is CC(=O)c1ccccc1NC(=O)C[NH+]1CCC[C@H](C)C1. The van der Waals surface area contributed by atoms with Crippen molar-refractivity contribution in [2.24, 2.45) is 5.92 Å². The van der Waals surface area contributed by atoms with Crippen LogP contribution in [0.15, 0.2) is 24.3 Å². The Labute approximate surface area is 120 Å². The van der Waals surface area contributed by atoms with Crippen LogP contribution >= 0.6 is 0 Å². The third kappa shape index (κ3) is 3.90. The summed E-state index contributed by atoms with van der Waals surface area (Å²) in [4.78, 5) is 25.0. The van der Waals surface area contributed by atoms with Crippen LogP contribution in [0.3, 0.4) is 0 Å². The van der Waals surface area contributed by atoms with Gasteiger partial charge in [0.05, 0.1) is 18.8 Å². The summed E-state index contributed by atoms with van der Waals surface area (Å²) in [6, 6.07) is 7.17. The highest BCUT2D eigenvalue weighted by atomic mass is 16.2. The highest BCUT2D eigenvalue weighted by Crippen LogP contribution is 2.15. The number of carbonyl (C=O) groups is 2. The Morgan fingerprint density at radius 3 is 2.80 bits per heavy atom. The van der Waals surface area contributed by atoms with E-state index in [4.69, 9.17) is 0 Å². The Bertz CT molecular complexity index is 499. The maximum atomic E-state index is 12.1. The van der Waals surface area contributed by atoms with E-state index in [1.54, 1.807) is 12.1 Å². The van der Waals surface area contributed by atoms with E-state index in [2.05, 4.69) is 12.2 Å². The number of amides is 1. The molecule has 0 bridgehead atoms. The quantitative estimate of drug-likeness (QED) is 0.810. The molecule has 4 heteroatoms.